The first-order valence-corrected chi connectivity index (χ1v) is 46.3. The van der Waals surface area contributed by atoms with E-state index in [1.165, 1.54) is 160 Å². The van der Waals surface area contributed by atoms with Crippen molar-refractivity contribution in [3.63, 3.8) is 0 Å². The normalized spacial score (nSPS) is 14.3. The summed E-state index contributed by atoms with van der Waals surface area (Å²) in [6.45, 7) is 23.4. The lowest BCUT2D eigenvalue weighted by molar-refractivity contribution is 0.590. The molecular formula is C122H94B2N6O. The molecule has 5 aliphatic rings. The largest absolute Gasteiger partial charge is 0.468 e. The number of rotatable bonds is 10. The second-order valence-corrected chi connectivity index (χ2v) is 39.9. The molecule has 3 aromatic heterocycles. The first kappa shape index (κ1) is 76.9. The van der Waals surface area contributed by atoms with Gasteiger partial charge in [0.2, 0.25) is 6.71 Å². The number of hydrogen-bond acceptors (Lipinski definition) is 5. The summed E-state index contributed by atoms with van der Waals surface area (Å²) in [6.07, 6.45) is 0. The first-order valence-electron chi connectivity index (χ1n) is 46.3. The first-order chi connectivity index (χ1) is 63.8. The lowest BCUT2D eigenvalue weighted by Gasteiger charge is -2.46. The standard InChI is InChI=1S/C122H94B2N6O/c1-119(2,3)83-56-65-102-97(70-83)98-71-84(120(4,5)6)57-66-103(98)126(102)90-60-64-100-110(73-90)128(89-58-51-76-31-17-18-33-79(76)69-89)105-45-28-47-107-114(105)124(100)118-116(95-42-22-24-48-111(95)131-118)130(107)88-39-26-35-81(68-88)77-49-53-82(54-50-77)121(7,8)85-55-62-94-93-41-21-23-43-101(93)127(108(94)72-85)91-59-63-99-109(74-91)125(86-36-15-12-16-37-86)104-44-27-46-106-113(104)123(99)117-115(96-61-52-78-32-19-20-40-92(78)112(96)122(117,9)10)129(106)87-38-25-34-80(67-87)75-29-13-11-14-30-75/h11-74H,1-10H3. The Hall–Kier alpha value is -15.3. The second-order valence-electron chi connectivity index (χ2n) is 39.9. The van der Waals surface area contributed by atoms with E-state index in [0.29, 0.717) is 0 Å². The Balaban J connectivity index is 0.579. The van der Waals surface area contributed by atoms with Crippen molar-refractivity contribution in [1.29, 1.82) is 0 Å². The van der Waals surface area contributed by atoms with Gasteiger partial charge in [-0.05, 0) is 250 Å². The summed E-state index contributed by atoms with van der Waals surface area (Å²) in [5.41, 5.74) is 40.4. The fourth-order valence-corrected chi connectivity index (χ4v) is 23.4. The minimum Gasteiger partial charge on any atom is -0.468 e. The highest BCUT2D eigenvalue weighted by Crippen LogP contribution is 2.59. The zero-order valence-corrected chi connectivity index (χ0v) is 75.2. The smallest absolute Gasteiger partial charge is 0.297 e. The highest BCUT2D eigenvalue weighted by Gasteiger charge is 2.54. The molecule has 7 heterocycles. The molecule has 26 rings (SSSR count). The summed E-state index contributed by atoms with van der Waals surface area (Å²) in [5, 5.41) is 11.0. The molecule has 624 valence electrons. The quantitative estimate of drug-likeness (QED) is 0.128. The summed E-state index contributed by atoms with van der Waals surface area (Å²) in [6, 6.07) is 147. The minimum atomic E-state index is -0.411. The van der Waals surface area contributed by atoms with E-state index >= 15 is 0 Å². The minimum absolute atomic E-state index is 0.0271. The van der Waals surface area contributed by atoms with E-state index < -0.39 is 5.41 Å². The van der Waals surface area contributed by atoms with Crippen molar-refractivity contribution in [2.45, 2.75) is 90.9 Å². The van der Waals surface area contributed by atoms with E-state index in [2.05, 4.69) is 486 Å². The maximum absolute atomic E-state index is 7.46. The molecule has 0 spiro atoms. The third-order valence-electron chi connectivity index (χ3n) is 29.8. The van der Waals surface area contributed by atoms with E-state index in [1.807, 2.05) is 0 Å². The Morgan fingerprint density at radius 1 is 0.275 bits per heavy atom. The Bertz CT molecular complexity index is 8410. The Morgan fingerprint density at radius 3 is 1.40 bits per heavy atom. The molecule has 0 atom stereocenters. The van der Waals surface area contributed by atoms with Crippen LogP contribution in [0.25, 0.3) is 115 Å². The van der Waals surface area contributed by atoms with Crippen LogP contribution < -0.4 is 47.1 Å². The average Bonchev–Trinajstić information content (AvgIpc) is 1.56. The SMILES string of the molecule is CC(C)(C)c1ccc2c(c1)c1cc(C(C)(C)C)ccc1n2-c1ccc2c(c1)N(c1ccc3ccccc3c1)c1cccc3c1B2c1oc2ccccc2c1N3c1cccc(-c2ccc(C(C)(C)c3ccc4c5ccccc5n(-c5ccc6c(c5)N(c5ccccc5)c5cccc7c5B6C5=C(c6ccc8ccccc8c6C5(C)C)N7c5cccc(-c6ccccc6)c5)c4c3)cc2)c1. The molecule has 1 aliphatic carbocycles. The van der Waals surface area contributed by atoms with Crippen molar-refractivity contribution in [1.82, 2.24) is 9.13 Å². The molecule has 0 unspecified atom stereocenters. The number of furan rings is 1. The number of fused-ring (bicyclic) bond motifs is 20. The van der Waals surface area contributed by atoms with Gasteiger partial charge in [0.15, 0.2) is 0 Å². The lowest BCUT2D eigenvalue weighted by atomic mass is 9.30. The van der Waals surface area contributed by atoms with Crippen LogP contribution in [0.3, 0.4) is 0 Å². The number of anilines is 11. The summed E-state index contributed by atoms with van der Waals surface area (Å²) in [7, 11) is 0. The molecule has 7 nitrogen and oxygen atoms in total. The number of benzene rings is 18. The van der Waals surface area contributed by atoms with Crippen molar-refractivity contribution >= 4 is 185 Å². The maximum atomic E-state index is 7.46. The monoisotopic (exact) mass is 1680 g/mol. The molecule has 0 fully saturated rings. The van der Waals surface area contributed by atoms with Gasteiger partial charge in [0.05, 0.1) is 33.4 Å². The van der Waals surface area contributed by atoms with Crippen molar-refractivity contribution in [2.75, 3.05) is 19.6 Å². The summed E-state index contributed by atoms with van der Waals surface area (Å²) >= 11 is 0. The Morgan fingerprint density at radius 2 is 0.740 bits per heavy atom. The predicted molar refractivity (Wildman–Crippen MR) is 555 cm³/mol. The van der Waals surface area contributed by atoms with Crippen LogP contribution in [0.15, 0.2) is 398 Å². The third-order valence-corrected chi connectivity index (χ3v) is 29.8. The van der Waals surface area contributed by atoms with Gasteiger partial charge in [-0.25, -0.2) is 0 Å². The van der Waals surface area contributed by atoms with Crippen LogP contribution in [0.4, 0.5) is 62.6 Å². The predicted octanol–water partition coefficient (Wildman–Crippen LogP) is 29.1. The van der Waals surface area contributed by atoms with E-state index in [9.17, 15) is 0 Å². The van der Waals surface area contributed by atoms with Gasteiger partial charge in [0.1, 0.15) is 5.58 Å². The van der Waals surface area contributed by atoms with Crippen molar-refractivity contribution in [2.24, 2.45) is 0 Å². The summed E-state index contributed by atoms with van der Waals surface area (Å²) < 4.78 is 12.5. The van der Waals surface area contributed by atoms with Crippen LogP contribution in [0.2, 0.25) is 0 Å². The number of para-hydroxylation sites is 3. The van der Waals surface area contributed by atoms with Crippen LogP contribution in [0.1, 0.15) is 103 Å². The number of allylic oxidation sites excluding steroid dienone is 1. The van der Waals surface area contributed by atoms with Crippen molar-refractivity contribution < 1.29 is 4.42 Å². The lowest BCUT2D eigenvalue weighted by Crippen LogP contribution is -2.61. The summed E-state index contributed by atoms with van der Waals surface area (Å²) in [4.78, 5) is 10.2. The molecule has 131 heavy (non-hydrogen) atoms. The average molecular weight is 1680 g/mol. The van der Waals surface area contributed by atoms with E-state index in [4.69, 9.17) is 4.42 Å². The van der Waals surface area contributed by atoms with Crippen LogP contribution in [-0.2, 0) is 21.7 Å². The van der Waals surface area contributed by atoms with Crippen molar-refractivity contribution in [3.8, 4) is 33.6 Å². The topological polar surface area (TPSA) is 36.0 Å². The van der Waals surface area contributed by atoms with Gasteiger partial charge in [-0.2, -0.15) is 0 Å². The van der Waals surface area contributed by atoms with Gasteiger partial charge < -0.3 is 33.2 Å². The third kappa shape index (κ3) is 11.4. The van der Waals surface area contributed by atoms with Crippen LogP contribution in [0.5, 0.6) is 0 Å². The molecule has 0 bridgehead atoms. The molecule has 18 aromatic carbocycles. The van der Waals surface area contributed by atoms with E-state index in [1.54, 1.807) is 0 Å². The molecule has 0 saturated carbocycles. The van der Waals surface area contributed by atoms with E-state index in [0.717, 1.165) is 84.6 Å². The highest BCUT2D eigenvalue weighted by molar-refractivity contribution is 7.00. The number of aromatic nitrogens is 2. The van der Waals surface area contributed by atoms with Crippen LogP contribution >= 0.6 is 0 Å². The van der Waals surface area contributed by atoms with Gasteiger partial charge in [-0.15, -0.1) is 0 Å². The van der Waals surface area contributed by atoms with Gasteiger partial charge in [-0.3, -0.25) is 0 Å². The van der Waals surface area contributed by atoms with Crippen molar-refractivity contribution in [3.05, 3.63) is 427 Å². The zero-order valence-electron chi connectivity index (χ0n) is 75.2. The van der Waals surface area contributed by atoms with Crippen LogP contribution in [-0.4, -0.2) is 22.6 Å². The number of hydrogen-bond donors (Lipinski definition) is 0. The van der Waals surface area contributed by atoms with Crippen LogP contribution in [0, 0.1) is 0 Å². The number of nitrogens with zero attached hydrogens (tertiary/aromatic N) is 6. The molecule has 21 aromatic rings. The molecule has 0 saturated heterocycles. The fraction of sp³-hybridized carbons (Fsp3) is 0.115. The second kappa shape index (κ2) is 28.1. The molecule has 9 heteroatoms. The van der Waals surface area contributed by atoms with Gasteiger partial charge in [-0.1, -0.05) is 317 Å². The van der Waals surface area contributed by atoms with Gasteiger partial charge in [0, 0.05) is 117 Å². The fourth-order valence-electron chi connectivity index (χ4n) is 23.4. The van der Waals surface area contributed by atoms with Gasteiger partial charge in [0.25, 0.3) is 6.71 Å². The van der Waals surface area contributed by atoms with E-state index in [-0.39, 0.29) is 29.7 Å². The zero-order chi connectivity index (χ0) is 88.0. The molecule has 0 amide bonds. The molecule has 4 aliphatic heterocycles. The highest BCUT2D eigenvalue weighted by atomic mass is 16.3. The molecule has 0 N–H and O–H groups in total. The van der Waals surface area contributed by atoms with Gasteiger partial charge >= 0.3 is 0 Å². The maximum Gasteiger partial charge on any atom is 0.297 e. The Labute approximate surface area is 764 Å². The molecule has 0 radical (unpaired) electrons. The Kier molecular flexibility index (Phi) is 16.5. The molecular weight excluding hydrogens is 1590 g/mol. The summed E-state index contributed by atoms with van der Waals surface area (Å²) in [5.74, 6) is 0.